The Morgan fingerprint density at radius 1 is 1.14 bits per heavy atom. The Morgan fingerprint density at radius 2 is 2.03 bits per heavy atom. The van der Waals surface area contributed by atoms with Gasteiger partial charge in [0, 0.05) is 49.4 Å². The number of nitrogens with zero attached hydrogens (tertiary/aromatic N) is 4. The lowest BCUT2D eigenvalue weighted by Crippen LogP contribution is -2.21. The lowest BCUT2D eigenvalue weighted by atomic mass is 10.1. The van der Waals surface area contributed by atoms with Crippen molar-refractivity contribution < 1.29 is 4.79 Å². The molecule has 1 aliphatic rings. The maximum absolute atomic E-state index is 12.4. The number of carbonyl (C=O) groups excluding carboxylic acids is 1. The number of aryl methyl sites for hydroxylation is 2. The lowest BCUT2D eigenvalue weighted by Gasteiger charge is -2.11. The first-order chi connectivity index (χ1) is 14.1. The third kappa shape index (κ3) is 4.40. The summed E-state index contributed by atoms with van der Waals surface area (Å²) in [7, 11) is 0. The summed E-state index contributed by atoms with van der Waals surface area (Å²) in [5, 5.41) is 12.1. The average Bonchev–Trinajstić information content (AvgIpc) is 2.96. The molecule has 0 fully saturated rings. The molecule has 0 aliphatic carbocycles. The lowest BCUT2D eigenvalue weighted by molar-refractivity contribution is -0.116. The van der Waals surface area contributed by atoms with Gasteiger partial charge >= 0.3 is 0 Å². The van der Waals surface area contributed by atoms with Crippen LogP contribution < -0.4 is 10.9 Å². The van der Waals surface area contributed by atoms with Gasteiger partial charge in [0.2, 0.25) is 5.91 Å². The van der Waals surface area contributed by atoms with E-state index < -0.39 is 0 Å². The molecular formula is C21H22ClN5O2. The number of carbonyl (C=O) groups is 1. The minimum atomic E-state index is -0.172. The summed E-state index contributed by atoms with van der Waals surface area (Å²) in [6.07, 6.45) is 6.17. The van der Waals surface area contributed by atoms with Crippen LogP contribution in [-0.4, -0.2) is 25.2 Å². The molecule has 8 heteroatoms. The molecule has 0 bridgehead atoms. The number of nitrogens with one attached hydrogen (secondary N) is 1. The normalized spacial score (nSPS) is 13.6. The van der Waals surface area contributed by atoms with Crippen LogP contribution >= 0.6 is 11.6 Å². The summed E-state index contributed by atoms with van der Waals surface area (Å²) in [6.45, 7) is 1.19. The molecule has 2 aromatic heterocycles. The van der Waals surface area contributed by atoms with E-state index in [1.807, 2.05) is 6.07 Å². The Bertz CT molecular complexity index is 1090. The van der Waals surface area contributed by atoms with Gasteiger partial charge < -0.3 is 14.5 Å². The number of halogens is 1. The zero-order valence-electron chi connectivity index (χ0n) is 16.0. The van der Waals surface area contributed by atoms with Crippen LogP contribution in [0.15, 0.2) is 47.4 Å². The van der Waals surface area contributed by atoms with E-state index >= 15 is 0 Å². The number of amides is 1. The molecule has 0 atom stereocenters. The molecule has 29 heavy (non-hydrogen) atoms. The fraction of sp³-hybridized carbons (Fsp3) is 0.333. The largest absolute Gasteiger partial charge is 0.326 e. The van der Waals surface area contributed by atoms with Crippen molar-refractivity contribution in [3.63, 3.8) is 0 Å². The Hall–Kier alpha value is -2.93. The van der Waals surface area contributed by atoms with Gasteiger partial charge in [-0.1, -0.05) is 24.1 Å². The molecule has 0 unspecified atom stereocenters. The minimum absolute atomic E-state index is 0.124. The number of hydrogen-bond donors (Lipinski definition) is 1. The summed E-state index contributed by atoms with van der Waals surface area (Å²) in [4.78, 5) is 24.1. The fourth-order valence-corrected chi connectivity index (χ4v) is 3.75. The zero-order chi connectivity index (χ0) is 20.2. The first kappa shape index (κ1) is 19.4. The van der Waals surface area contributed by atoms with E-state index in [2.05, 4.69) is 20.1 Å². The zero-order valence-corrected chi connectivity index (χ0v) is 16.7. The van der Waals surface area contributed by atoms with Crippen LogP contribution in [-0.2, 0) is 24.3 Å². The molecule has 150 valence electrons. The highest BCUT2D eigenvalue weighted by Gasteiger charge is 2.18. The molecule has 4 rings (SSSR count). The number of anilines is 1. The van der Waals surface area contributed by atoms with Crippen LogP contribution in [0.4, 0.5) is 5.69 Å². The van der Waals surface area contributed by atoms with E-state index in [9.17, 15) is 9.59 Å². The molecule has 1 amide bonds. The van der Waals surface area contributed by atoms with Crippen molar-refractivity contribution in [1.82, 2.24) is 19.3 Å². The van der Waals surface area contributed by atoms with E-state index in [4.69, 9.17) is 11.6 Å². The molecule has 3 aromatic rings. The van der Waals surface area contributed by atoms with Crippen molar-refractivity contribution in [2.45, 2.75) is 45.2 Å². The van der Waals surface area contributed by atoms with Gasteiger partial charge in [-0.05, 0) is 37.1 Å². The molecule has 7 nitrogen and oxygen atoms in total. The number of rotatable bonds is 5. The molecule has 1 N–H and O–H groups in total. The fourth-order valence-electron chi connectivity index (χ4n) is 3.55. The molecule has 1 aromatic carbocycles. The third-order valence-electron chi connectivity index (χ3n) is 5.08. The van der Waals surface area contributed by atoms with Crippen LogP contribution in [0.25, 0.3) is 11.4 Å². The molecule has 1 aliphatic heterocycles. The number of aromatic nitrogens is 4. The summed E-state index contributed by atoms with van der Waals surface area (Å²) >= 11 is 6.43. The highest BCUT2D eigenvalue weighted by atomic mass is 35.5. The van der Waals surface area contributed by atoms with Crippen LogP contribution in [0.5, 0.6) is 0 Å². The van der Waals surface area contributed by atoms with E-state index in [1.54, 1.807) is 30.5 Å². The van der Waals surface area contributed by atoms with Crippen molar-refractivity contribution in [1.29, 1.82) is 0 Å². The van der Waals surface area contributed by atoms with Crippen LogP contribution in [0.3, 0.4) is 0 Å². The SMILES string of the molecule is O=C(CCn1ccccc1=O)Nc1ccc(Cl)c(-c2nnc3n2CCCCC3)c1. The first-order valence-corrected chi connectivity index (χ1v) is 10.2. The molecule has 0 saturated heterocycles. The van der Waals surface area contributed by atoms with Gasteiger partial charge in [0.15, 0.2) is 5.82 Å². The van der Waals surface area contributed by atoms with Crippen LogP contribution in [0.2, 0.25) is 5.02 Å². The Balaban J connectivity index is 1.50. The predicted molar refractivity (Wildman–Crippen MR) is 112 cm³/mol. The summed E-state index contributed by atoms with van der Waals surface area (Å²) in [5.74, 6) is 1.55. The summed E-state index contributed by atoms with van der Waals surface area (Å²) in [5.41, 5.74) is 1.27. The summed E-state index contributed by atoms with van der Waals surface area (Å²) in [6, 6.07) is 10.3. The Kier molecular flexibility index (Phi) is 5.76. The van der Waals surface area contributed by atoms with Crippen LogP contribution in [0, 0.1) is 0 Å². The topological polar surface area (TPSA) is 81.8 Å². The van der Waals surface area contributed by atoms with Gasteiger partial charge in [0.1, 0.15) is 5.82 Å². The molecule has 3 heterocycles. The second kappa shape index (κ2) is 8.61. The van der Waals surface area contributed by atoms with E-state index in [0.29, 0.717) is 17.3 Å². The molecule has 0 saturated carbocycles. The number of hydrogen-bond acceptors (Lipinski definition) is 4. The van der Waals surface area contributed by atoms with Gasteiger partial charge in [-0.2, -0.15) is 0 Å². The third-order valence-corrected chi connectivity index (χ3v) is 5.41. The van der Waals surface area contributed by atoms with Gasteiger partial charge in [-0.15, -0.1) is 10.2 Å². The maximum atomic E-state index is 12.4. The van der Waals surface area contributed by atoms with E-state index in [-0.39, 0.29) is 17.9 Å². The van der Waals surface area contributed by atoms with Crippen molar-refractivity contribution in [3.05, 3.63) is 63.8 Å². The highest BCUT2D eigenvalue weighted by molar-refractivity contribution is 6.33. The second-order valence-electron chi connectivity index (χ2n) is 7.13. The van der Waals surface area contributed by atoms with Gasteiger partial charge in [-0.3, -0.25) is 9.59 Å². The van der Waals surface area contributed by atoms with Crippen molar-refractivity contribution >= 4 is 23.2 Å². The quantitative estimate of drug-likeness (QED) is 0.696. The van der Waals surface area contributed by atoms with E-state index in [0.717, 1.165) is 43.0 Å². The standard InChI is InChI=1S/C21H22ClN5O2/c22-17-9-8-15(23-19(28)10-13-26-11-5-3-7-20(26)29)14-16(17)21-25-24-18-6-2-1-4-12-27(18)21/h3,5,7-9,11,14H,1-2,4,6,10,12-13H2,(H,23,28). The van der Waals surface area contributed by atoms with Gasteiger partial charge in [0.25, 0.3) is 5.56 Å². The number of fused-ring (bicyclic) bond motifs is 1. The van der Waals surface area contributed by atoms with E-state index in [1.165, 1.54) is 17.1 Å². The monoisotopic (exact) mass is 411 g/mol. The Morgan fingerprint density at radius 3 is 2.90 bits per heavy atom. The average molecular weight is 412 g/mol. The molecular weight excluding hydrogens is 390 g/mol. The maximum Gasteiger partial charge on any atom is 0.250 e. The Labute approximate surface area is 173 Å². The summed E-state index contributed by atoms with van der Waals surface area (Å²) < 4.78 is 3.64. The number of pyridine rings is 1. The second-order valence-corrected chi connectivity index (χ2v) is 7.53. The van der Waals surface area contributed by atoms with Crippen molar-refractivity contribution in [3.8, 4) is 11.4 Å². The molecule has 0 radical (unpaired) electrons. The predicted octanol–water partition coefficient (Wildman–Crippen LogP) is 3.52. The molecule has 0 spiro atoms. The van der Waals surface area contributed by atoms with Gasteiger partial charge in [0.05, 0.1) is 5.02 Å². The van der Waals surface area contributed by atoms with Gasteiger partial charge in [-0.25, -0.2) is 0 Å². The smallest absolute Gasteiger partial charge is 0.250 e. The number of benzene rings is 1. The van der Waals surface area contributed by atoms with Crippen molar-refractivity contribution in [2.24, 2.45) is 0 Å². The first-order valence-electron chi connectivity index (χ1n) is 9.79. The van der Waals surface area contributed by atoms with Crippen LogP contribution in [0.1, 0.15) is 31.5 Å². The minimum Gasteiger partial charge on any atom is -0.326 e. The van der Waals surface area contributed by atoms with Crippen molar-refractivity contribution in [2.75, 3.05) is 5.32 Å². The highest BCUT2D eigenvalue weighted by Crippen LogP contribution is 2.31.